The Kier molecular flexibility index (Phi) is 3.72. The number of carbonyl (C=O) groups excluding carboxylic acids is 1. The maximum Gasteiger partial charge on any atom is 0.164 e. The molecule has 1 unspecified atom stereocenters. The first-order valence-corrected chi connectivity index (χ1v) is 7.00. The van der Waals surface area contributed by atoms with Crippen molar-refractivity contribution in [1.82, 2.24) is 4.90 Å². The zero-order valence-electron chi connectivity index (χ0n) is 12.4. The summed E-state index contributed by atoms with van der Waals surface area (Å²) < 4.78 is 13.1. The molecule has 1 heterocycles. The molecule has 2 aromatic rings. The average molecular weight is 270 g/mol. The highest BCUT2D eigenvalue weighted by Crippen LogP contribution is 2.16. The van der Waals surface area contributed by atoms with Gasteiger partial charge in [0, 0.05) is 33.0 Å². The maximum atomic E-state index is 12.3. The van der Waals surface area contributed by atoms with Gasteiger partial charge in [0.1, 0.15) is 0 Å². The minimum atomic E-state index is -0.344. The zero-order valence-corrected chi connectivity index (χ0v) is 11.4. The standard InChI is InChI=1S/C17H19NO2/c19-17(7-8-18-9-11-20-12-10-18)16-6-5-14-3-1-2-4-15(14)13-16/h1-6,13H,7-12H2/i9D. The van der Waals surface area contributed by atoms with E-state index < -0.39 is 0 Å². The number of morpholine rings is 1. The van der Waals surface area contributed by atoms with Gasteiger partial charge < -0.3 is 4.74 Å². The van der Waals surface area contributed by atoms with E-state index >= 15 is 0 Å². The van der Waals surface area contributed by atoms with E-state index in [2.05, 4.69) is 0 Å². The van der Waals surface area contributed by atoms with Crippen molar-refractivity contribution in [3.63, 3.8) is 0 Å². The largest absolute Gasteiger partial charge is 0.379 e. The number of carbonyl (C=O) groups is 1. The molecule has 20 heavy (non-hydrogen) atoms. The van der Waals surface area contributed by atoms with E-state index in [1.54, 1.807) is 0 Å². The first kappa shape index (κ1) is 12.1. The molecule has 0 N–H and O–H groups in total. The smallest absolute Gasteiger partial charge is 0.164 e. The number of rotatable bonds is 4. The summed E-state index contributed by atoms with van der Waals surface area (Å²) in [6, 6.07) is 13.9. The first-order valence-electron chi connectivity index (χ1n) is 7.58. The summed E-state index contributed by atoms with van der Waals surface area (Å²) in [6.07, 6.45) is 0.452. The minimum Gasteiger partial charge on any atom is -0.379 e. The van der Waals surface area contributed by atoms with Crippen molar-refractivity contribution in [3.05, 3.63) is 48.0 Å². The highest BCUT2D eigenvalue weighted by Gasteiger charge is 2.13. The van der Waals surface area contributed by atoms with Gasteiger partial charge in [0.25, 0.3) is 0 Å². The fourth-order valence-corrected chi connectivity index (χ4v) is 2.47. The molecule has 0 bridgehead atoms. The van der Waals surface area contributed by atoms with Gasteiger partial charge in [-0.3, -0.25) is 9.69 Å². The van der Waals surface area contributed by atoms with Gasteiger partial charge in [-0.05, 0) is 16.8 Å². The van der Waals surface area contributed by atoms with Crippen LogP contribution < -0.4 is 0 Å². The number of hydrogen-bond donors (Lipinski definition) is 0. The van der Waals surface area contributed by atoms with Gasteiger partial charge in [0.2, 0.25) is 0 Å². The lowest BCUT2D eigenvalue weighted by Crippen LogP contribution is -2.37. The van der Waals surface area contributed by atoms with Crippen LogP contribution in [-0.2, 0) is 4.74 Å². The molecule has 0 aliphatic carbocycles. The number of hydrogen-bond acceptors (Lipinski definition) is 3. The highest BCUT2D eigenvalue weighted by molar-refractivity contribution is 6.00. The Balaban J connectivity index is 1.66. The van der Waals surface area contributed by atoms with Crippen LogP contribution in [0.4, 0.5) is 0 Å². The third-order valence-corrected chi connectivity index (χ3v) is 3.67. The molecule has 1 aliphatic rings. The summed E-state index contributed by atoms with van der Waals surface area (Å²) in [4.78, 5) is 14.3. The Bertz CT molecular complexity index is 643. The monoisotopic (exact) mass is 270 g/mol. The summed E-state index contributed by atoms with van der Waals surface area (Å²) in [5.41, 5.74) is 0.753. The number of benzene rings is 2. The van der Waals surface area contributed by atoms with Crippen molar-refractivity contribution in [2.75, 3.05) is 32.8 Å². The van der Waals surface area contributed by atoms with E-state index in [0.717, 1.165) is 22.9 Å². The lowest BCUT2D eigenvalue weighted by atomic mass is 10.0. The van der Waals surface area contributed by atoms with Crippen LogP contribution in [-0.4, -0.2) is 43.5 Å². The normalized spacial score (nSPS) is 20.8. The third-order valence-electron chi connectivity index (χ3n) is 3.67. The van der Waals surface area contributed by atoms with Crippen molar-refractivity contribution in [2.45, 2.75) is 6.42 Å². The van der Waals surface area contributed by atoms with E-state index in [-0.39, 0.29) is 12.3 Å². The van der Waals surface area contributed by atoms with Gasteiger partial charge in [-0.2, -0.15) is 0 Å². The van der Waals surface area contributed by atoms with Crippen LogP contribution in [0.3, 0.4) is 0 Å². The van der Waals surface area contributed by atoms with Crippen LogP contribution in [0.5, 0.6) is 0 Å². The van der Waals surface area contributed by atoms with Crippen molar-refractivity contribution < 1.29 is 10.9 Å². The predicted molar refractivity (Wildman–Crippen MR) is 80.2 cm³/mol. The van der Waals surface area contributed by atoms with E-state index in [9.17, 15) is 4.79 Å². The molecule has 1 atom stereocenters. The summed E-state index contributed by atoms with van der Waals surface area (Å²) in [5, 5.41) is 2.24. The second kappa shape index (κ2) is 6.16. The molecule has 0 radical (unpaired) electrons. The van der Waals surface area contributed by atoms with Gasteiger partial charge in [0.05, 0.1) is 13.2 Å². The Hall–Kier alpha value is -1.71. The summed E-state index contributed by atoms with van der Waals surface area (Å²) >= 11 is 0. The second-order valence-corrected chi connectivity index (χ2v) is 5.03. The fourth-order valence-electron chi connectivity index (χ4n) is 2.47. The maximum absolute atomic E-state index is 12.3. The van der Waals surface area contributed by atoms with E-state index in [0.29, 0.717) is 26.2 Å². The first-order chi connectivity index (χ1) is 10.2. The molecule has 3 rings (SSSR count). The Labute approximate surface area is 120 Å². The Morgan fingerprint density at radius 1 is 1.20 bits per heavy atom. The quantitative estimate of drug-likeness (QED) is 0.800. The number of fused-ring (bicyclic) bond motifs is 1. The molecule has 1 saturated heterocycles. The van der Waals surface area contributed by atoms with Crippen molar-refractivity contribution >= 4 is 16.6 Å². The van der Waals surface area contributed by atoms with Crippen molar-refractivity contribution in [2.24, 2.45) is 0 Å². The molecule has 2 aromatic carbocycles. The predicted octanol–water partition coefficient (Wildman–Crippen LogP) is 2.74. The molecule has 0 spiro atoms. The second-order valence-electron chi connectivity index (χ2n) is 5.03. The van der Waals surface area contributed by atoms with Gasteiger partial charge in [0.15, 0.2) is 5.78 Å². The number of ketones is 1. The van der Waals surface area contributed by atoms with Crippen LogP contribution in [0.15, 0.2) is 42.5 Å². The fraction of sp³-hybridized carbons (Fsp3) is 0.353. The zero-order chi connectivity index (χ0) is 14.7. The third kappa shape index (κ3) is 3.06. The summed E-state index contributed by atoms with van der Waals surface area (Å²) in [7, 11) is 0. The summed E-state index contributed by atoms with van der Waals surface area (Å²) in [6.45, 7) is 2.11. The average Bonchev–Trinajstić information content (AvgIpc) is 2.53. The molecule has 1 fully saturated rings. The topological polar surface area (TPSA) is 29.5 Å². The number of nitrogens with zero attached hydrogens (tertiary/aromatic N) is 1. The summed E-state index contributed by atoms with van der Waals surface area (Å²) in [5.74, 6) is 0.138. The molecule has 0 aromatic heterocycles. The van der Waals surface area contributed by atoms with Crippen LogP contribution in [0.1, 0.15) is 18.1 Å². The van der Waals surface area contributed by atoms with Crippen LogP contribution in [0, 0.1) is 0 Å². The molecule has 0 amide bonds. The molecular formula is C17H19NO2. The molecule has 3 nitrogen and oxygen atoms in total. The van der Waals surface area contributed by atoms with Gasteiger partial charge in [-0.15, -0.1) is 0 Å². The van der Waals surface area contributed by atoms with Gasteiger partial charge >= 0.3 is 0 Å². The molecule has 104 valence electrons. The number of Topliss-reactive ketones (excluding diaryl/α,β-unsaturated/α-hetero) is 1. The van der Waals surface area contributed by atoms with Crippen molar-refractivity contribution in [3.8, 4) is 0 Å². The Morgan fingerprint density at radius 2 is 2.05 bits per heavy atom. The lowest BCUT2D eigenvalue weighted by molar-refractivity contribution is 0.0370. The minimum absolute atomic E-state index is 0.138. The highest BCUT2D eigenvalue weighted by atomic mass is 16.5. The molecule has 3 heteroatoms. The molecule has 0 saturated carbocycles. The van der Waals surface area contributed by atoms with E-state index in [1.807, 2.05) is 47.4 Å². The Morgan fingerprint density at radius 3 is 2.90 bits per heavy atom. The van der Waals surface area contributed by atoms with Gasteiger partial charge in [-0.1, -0.05) is 36.4 Å². The van der Waals surface area contributed by atoms with Crippen LogP contribution in [0.25, 0.3) is 10.8 Å². The SMILES string of the molecule is [2H]C1COCCN1CCC(=O)c1ccc2ccccc2c1. The van der Waals surface area contributed by atoms with Gasteiger partial charge in [-0.25, -0.2) is 0 Å². The number of ether oxygens (including phenoxy) is 1. The van der Waals surface area contributed by atoms with Crippen LogP contribution in [0.2, 0.25) is 0 Å². The van der Waals surface area contributed by atoms with E-state index in [1.165, 1.54) is 0 Å². The van der Waals surface area contributed by atoms with Crippen LogP contribution >= 0.6 is 0 Å². The molecular weight excluding hydrogens is 250 g/mol. The van der Waals surface area contributed by atoms with Crippen molar-refractivity contribution in [1.29, 1.82) is 0 Å². The lowest BCUT2D eigenvalue weighted by Gasteiger charge is -2.26. The van der Waals surface area contributed by atoms with E-state index in [4.69, 9.17) is 6.11 Å². The molecule has 1 aliphatic heterocycles.